The molecule has 1 aliphatic heterocycles. The molecule has 5 atom stereocenters. The molecular formula is C14H20N4O10P2. The fourth-order valence-corrected chi connectivity index (χ4v) is 4.77. The van der Waals surface area contributed by atoms with Gasteiger partial charge in [0.15, 0.2) is 6.23 Å². The van der Waals surface area contributed by atoms with Gasteiger partial charge < -0.3 is 39.9 Å². The second-order valence-electron chi connectivity index (χ2n) is 6.69. The zero-order chi connectivity index (χ0) is 22.5. The number of aromatic nitrogens is 3. The van der Waals surface area contributed by atoms with Gasteiger partial charge >= 0.3 is 15.6 Å². The Hall–Kier alpha value is -1.70. The van der Waals surface area contributed by atoms with Gasteiger partial charge in [0.2, 0.25) is 0 Å². The molecule has 16 heteroatoms. The van der Waals surface area contributed by atoms with Crippen molar-refractivity contribution in [1.29, 1.82) is 0 Å². The monoisotopic (exact) mass is 466 g/mol. The highest BCUT2D eigenvalue weighted by atomic mass is 31.3. The van der Waals surface area contributed by atoms with Crippen molar-refractivity contribution in [3.05, 3.63) is 24.7 Å². The van der Waals surface area contributed by atoms with Crippen molar-refractivity contribution in [3.63, 3.8) is 0 Å². The summed E-state index contributed by atoms with van der Waals surface area (Å²) in [6.07, 6.45) is -0.0291. The molecule has 7 N–H and O–H groups in total. The fraction of sp³-hybridized carbons (Fsp3) is 0.429. The highest BCUT2D eigenvalue weighted by Crippen LogP contribution is 2.58. The number of nitrogen functional groups attached to an aromatic ring is 1. The van der Waals surface area contributed by atoms with Crippen LogP contribution in [0.3, 0.4) is 0 Å². The van der Waals surface area contributed by atoms with Crippen LogP contribution in [0.15, 0.2) is 19.1 Å². The van der Waals surface area contributed by atoms with Crippen molar-refractivity contribution in [2.75, 3.05) is 12.3 Å². The van der Waals surface area contributed by atoms with E-state index in [0.29, 0.717) is 10.9 Å². The van der Waals surface area contributed by atoms with Crippen molar-refractivity contribution >= 4 is 38.6 Å². The molecule has 0 spiro atoms. The van der Waals surface area contributed by atoms with E-state index in [2.05, 4.69) is 25.4 Å². The normalized spacial score (nSPS) is 29.2. The molecule has 4 unspecified atom stereocenters. The molecule has 2 aromatic heterocycles. The number of aliphatic hydroxyl groups is 2. The predicted molar refractivity (Wildman–Crippen MR) is 101 cm³/mol. The van der Waals surface area contributed by atoms with Crippen LogP contribution in [0.2, 0.25) is 0 Å². The Bertz CT molecular complexity index is 1070. The van der Waals surface area contributed by atoms with Crippen molar-refractivity contribution in [3.8, 4) is 0 Å². The molecule has 3 heterocycles. The molecule has 30 heavy (non-hydrogen) atoms. The van der Waals surface area contributed by atoms with Crippen LogP contribution < -0.4 is 5.73 Å². The summed E-state index contributed by atoms with van der Waals surface area (Å²) in [5.74, 6) is 0.155. The summed E-state index contributed by atoms with van der Waals surface area (Å²) in [7, 11) is -10.5. The van der Waals surface area contributed by atoms with E-state index in [1.807, 2.05) is 0 Å². The number of nitrogens with zero attached hydrogens (tertiary/aromatic N) is 3. The number of fused-ring (bicyclic) bond motifs is 1. The van der Waals surface area contributed by atoms with Crippen LogP contribution in [0.25, 0.3) is 17.1 Å². The van der Waals surface area contributed by atoms with E-state index in [-0.39, 0.29) is 11.5 Å². The van der Waals surface area contributed by atoms with E-state index in [4.69, 9.17) is 20.3 Å². The van der Waals surface area contributed by atoms with Gasteiger partial charge in [-0.1, -0.05) is 12.7 Å². The average molecular weight is 466 g/mol. The number of phosphoric ester groups is 1. The highest BCUT2D eigenvalue weighted by molar-refractivity contribution is 7.60. The van der Waals surface area contributed by atoms with Crippen molar-refractivity contribution < 1.29 is 47.6 Å². The first-order valence-corrected chi connectivity index (χ1v) is 11.3. The molecule has 0 radical (unpaired) electrons. The minimum absolute atomic E-state index is 0.155. The second-order valence-corrected chi connectivity index (χ2v) is 9.52. The first kappa shape index (κ1) is 23.0. The van der Waals surface area contributed by atoms with E-state index in [1.165, 1.54) is 30.1 Å². The van der Waals surface area contributed by atoms with Crippen LogP contribution in [-0.2, 0) is 22.7 Å². The molecule has 166 valence electrons. The van der Waals surface area contributed by atoms with Gasteiger partial charge in [-0.2, -0.15) is 4.31 Å². The summed E-state index contributed by atoms with van der Waals surface area (Å²) >= 11 is 0. The largest absolute Gasteiger partial charge is 0.481 e. The zero-order valence-electron chi connectivity index (χ0n) is 15.5. The van der Waals surface area contributed by atoms with Crippen molar-refractivity contribution in [2.45, 2.75) is 31.0 Å². The highest BCUT2D eigenvalue weighted by Gasteiger charge is 2.54. The van der Waals surface area contributed by atoms with Crippen molar-refractivity contribution in [1.82, 2.24) is 14.5 Å². The maximum Gasteiger partial charge on any atom is 0.481 e. The van der Waals surface area contributed by atoms with Gasteiger partial charge in [-0.25, -0.2) is 19.1 Å². The molecule has 0 amide bonds. The predicted octanol–water partition coefficient (Wildman–Crippen LogP) is -0.108. The molecule has 0 bridgehead atoms. The third-order valence-electron chi connectivity index (χ3n) is 4.51. The molecule has 0 aliphatic carbocycles. The molecule has 2 aromatic rings. The summed E-state index contributed by atoms with van der Waals surface area (Å²) < 4.78 is 37.6. The third kappa shape index (κ3) is 4.34. The van der Waals surface area contributed by atoms with E-state index in [1.54, 1.807) is 0 Å². The quantitative estimate of drug-likeness (QED) is 0.294. The lowest BCUT2D eigenvalue weighted by Gasteiger charge is -2.27. The van der Waals surface area contributed by atoms with E-state index < -0.39 is 46.3 Å². The standard InChI is InChI=1S/C14H20N4O10P2/c1-3-7-4-18(12-9(7)11(15)16-6-17-12)13-14(2,20)10(19)8(27-13)5-26-30(24,25)28-29(21,22)23/h3-4,6,8,10,13,19-20H,1,5H2,2H3,(H,24,25)(H2,15,16,17)(H2,21,22,23)/t8?,10?,13?,14-/m1/s1. The average Bonchev–Trinajstić information content (AvgIpc) is 3.08. The molecule has 14 nitrogen and oxygen atoms in total. The van der Waals surface area contributed by atoms with Gasteiger partial charge in [-0.15, -0.1) is 0 Å². The smallest absolute Gasteiger partial charge is 0.387 e. The Morgan fingerprint density at radius 1 is 1.40 bits per heavy atom. The summed E-state index contributed by atoms with van der Waals surface area (Å²) in [6, 6.07) is 0. The van der Waals surface area contributed by atoms with Crippen LogP contribution in [0.5, 0.6) is 0 Å². The topological polar surface area (TPSA) is 220 Å². The summed E-state index contributed by atoms with van der Waals surface area (Å²) in [5, 5.41) is 21.7. The van der Waals surface area contributed by atoms with E-state index >= 15 is 0 Å². The van der Waals surface area contributed by atoms with Crippen LogP contribution in [0, 0.1) is 0 Å². The third-order valence-corrected chi connectivity index (χ3v) is 6.66. The Morgan fingerprint density at radius 3 is 2.67 bits per heavy atom. The summed E-state index contributed by atoms with van der Waals surface area (Å²) in [5.41, 5.74) is 4.77. The molecule has 3 rings (SSSR count). The summed E-state index contributed by atoms with van der Waals surface area (Å²) in [4.78, 5) is 34.7. The lowest BCUT2D eigenvalue weighted by atomic mass is 9.96. The molecule has 1 saturated heterocycles. The summed E-state index contributed by atoms with van der Waals surface area (Å²) in [6.45, 7) is 4.11. The number of hydrogen-bond acceptors (Lipinski definition) is 10. The van der Waals surface area contributed by atoms with Crippen LogP contribution in [0.4, 0.5) is 5.82 Å². The molecule has 1 fully saturated rings. The Kier molecular flexibility index (Phi) is 5.95. The number of anilines is 1. The van der Waals surface area contributed by atoms with Gasteiger partial charge in [-0.3, -0.25) is 4.52 Å². The first-order valence-electron chi connectivity index (χ1n) is 8.30. The van der Waals surface area contributed by atoms with Gasteiger partial charge in [-0.05, 0) is 6.92 Å². The minimum atomic E-state index is -5.31. The lowest BCUT2D eigenvalue weighted by Crippen LogP contribution is -2.44. The number of rotatable bonds is 7. The van der Waals surface area contributed by atoms with Crippen LogP contribution in [0.1, 0.15) is 18.7 Å². The van der Waals surface area contributed by atoms with E-state index in [9.17, 15) is 24.2 Å². The second kappa shape index (κ2) is 7.77. The van der Waals surface area contributed by atoms with Gasteiger partial charge in [0.25, 0.3) is 0 Å². The number of hydrogen-bond donors (Lipinski definition) is 6. The molecular weight excluding hydrogens is 446 g/mol. The lowest BCUT2D eigenvalue weighted by molar-refractivity contribution is -0.0947. The van der Waals surface area contributed by atoms with E-state index in [0.717, 1.165) is 0 Å². The van der Waals surface area contributed by atoms with Gasteiger partial charge in [0.05, 0.1) is 12.0 Å². The number of nitrogens with two attached hydrogens (primary N) is 1. The maximum atomic E-state index is 11.6. The number of phosphoric acid groups is 2. The number of ether oxygens (including phenoxy) is 1. The Labute approximate surface area is 169 Å². The molecule has 1 aliphatic rings. The van der Waals surface area contributed by atoms with Crippen LogP contribution in [-0.4, -0.2) is 63.8 Å². The zero-order valence-corrected chi connectivity index (χ0v) is 17.3. The van der Waals surface area contributed by atoms with Gasteiger partial charge in [0.1, 0.15) is 35.6 Å². The maximum absolute atomic E-state index is 11.6. The Balaban J connectivity index is 1.89. The fourth-order valence-electron chi connectivity index (χ4n) is 3.17. The van der Waals surface area contributed by atoms with Crippen molar-refractivity contribution in [2.24, 2.45) is 0 Å². The minimum Gasteiger partial charge on any atom is -0.387 e. The molecule has 0 saturated carbocycles. The van der Waals surface area contributed by atoms with Gasteiger partial charge in [0, 0.05) is 11.8 Å². The van der Waals surface area contributed by atoms with Crippen LogP contribution >= 0.6 is 15.6 Å². The number of aliphatic hydroxyl groups excluding tert-OH is 1. The first-order chi connectivity index (χ1) is 13.8. The molecule has 0 aromatic carbocycles. The Morgan fingerprint density at radius 2 is 2.07 bits per heavy atom. The SMILES string of the molecule is C=Cc1cn(C2OC(COP(=O)(O)OP(=O)(O)O)C(O)[C@@]2(C)O)c2ncnc(N)c12.